The molecule has 2 aromatic carbocycles. The summed E-state index contributed by atoms with van der Waals surface area (Å²) in [5, 5.41) is 3.20. The maximum absolute atomic E-state index is 13.3. The molecule has 0 atom stereocenters. The quantitative estimate of drug-likeness (QED) is 0.337. The number of thiocarbonyl (C=S) groups is 1. The lowest BCUT2D eigenvalue weighted by Crippen LogP contribution is -2.54. The van der Waals surface area contributed by atoms with Crippen molar-refractivity contribution in [2.24, 2.45) is 0 Å². The van der Waals surface area contributed by atoms with E-state index in [1.54, 1.807) is 30.3 Å². The Morgan fingerprint density at radius 2 is 1.58 bits per heavy atom. The molecule has 8 heteroatoms. The number of nitrogens with zero attached hydrogens (tertiary/aromatic N) is 3. The van der Waals surface area contributed by atoms with Gasteiger partial charge in [0.05, 0.1) is 5.69 Å². The number of hydrogen-bond donors (Lipinski definition) is 1. The van der Waals surface area contributed by atoms with Crippen molar-refractivity contribution >= 4 is 58.2 Å². The van der Waals surface area contributed by atoms with E-state index in [1.807, 2.05) is 51.0 Å². The van der Waals surface area contributed by atoms with E-state index in [2.05, 4.69) is 22.0 Å². The first-order chi connectivity index (χ1) is 15.7. The number of anilines is 2. The maximum Gasteiger partial charge on any atom is 0.270 e. The summed E-state index contributed by atoms with van der Waals surface area (Å²) in [4.78, 5) is 29.3. The molecular formula is C25H23ClN4O2S. The van der Waals surface area contributed by atoms with Gasteiger partial charge in [-0.2, -0.15) is 0 Å². The second-order valence-electron chi connectivity index (χ2n) is 8.01. The molecule has 0 spiro atoms. The van der Waals surface area contributed by atoms with E-state index in [0.717, 1.165) is 28.3 Å². The van der Waals surface area contributed by atoms with E-state index in [-0.39, 0.29) is 10.7 Å². The summed E-state index contributed by atoms with van der Waals surface area (Å²) in [6, 6.07) is 16.9. The standard InChI is InChI=1S/C25H23ClN4O2S/c1-15-13-17(16(2)29(15)20-11-9-19(10-12-20)28(3)4)14-22-23(31)27-25(33)30(24(22)32)21-7-5-18(26)6-8-21/h5-14H,1-4H3,(H,27,31,33)/b22-14+. The highest BCUT2D eigenvalue weighted by molar-refractivity contribution is 7.80. The number of rotatable bonds is 4. The van der Waals surface area contributed by atoms with Crippen LogP contribution in [0.4, 0.5) is 11.4 Å². The Bertz CT molecular complexity index is 1290. The molecule has 1 aliphatic rings. The van der Waals surface area contributed by atoms with Crippen molar-refractivity contribution in [3.8, 4) is 5.69 Å². The van der Waals surface area contributed by atoms with E-state index in [9.17, 15) is 9.59 Å². The summed E-state index contributed by atoms with van der Waals surface area (Å²) in [7, 11) is 3.99. The van der Waals surface area contributed by atoms with E-state index >= 15 is 0 Å². The predicted molar refractivity (Wildman–Crippen MR) is 137 cm³/mol. The molecule has 1 N–H and O–H groups in total. The van der Waals surface area contributed by atoms with Crippen LogP contribution in [0.3, 0.4) is 0 Å². The Morgan fingerprint density at radius 3 is 2.18 bits per heavy atom. The molecule has 3 aromatic rings. The average molecular weight is 479 g/mol. The SMILES string of the molecule is Cc1cc(/C=C2\C(=O)NC(=S)N(c3ccc(Cl)cc3)C2=O)c(C)n1-c1ccc(N(C)C)cc1. The number of carbonyl (C=O) groups is 2. The second-order valence-corrected chi connectivity index (χ2v) is 8.83. The molecule has 0 bridgehead atoms. The van der Waals surface area contributed by atoms with Crippen molar-refractivity contribution in [2.75, 3.05) is 23.9 Å². The molecule has 0 radical (unpaired) electrons. The van der Waals surface area contributed by atoms with Gasteiger partial charge in [0.25, 0.3) is 11.8 Å². The first-order valence-corrected chi connectivity index (χ1v) is 11.1. The van der Waals surface area contributed by atoms with Crippen LogP contribution in [0.25, 0.3) is 11.8 Å². The van der Waals surface area contributed by atoms with Crippen LogP contribution in [0, 0.1) is 13.8 Å². The molecule has 0 unspecified atom stereocenters. The van der Waals surface area contributed by atoms with Gasteiger partial charge >= 0.3 is 0 Å². The van der Waals surface area contributed by atoms with Crippen LogP contribution in [-0.2, 0) is 9.59 Å². The van der Waals surface area contributed by atoms with Gasteiger partial charge in [-0.25, -0.2) is 0 Å². The van der Waals surface area contributed by atoms with Gasteiger partial charge in [-0.05, 0) is 92.3 Å². The van der Waals surface area contributed by atoms with Gasteiger partial charge in [0.2, 0.25) is 0 Å². The molecule has 1 saturated heterocycles. The van der Waals surface area contributed by atoms with Crippen molar-refractivity contribution in [3.05, 3.63) is 82.1 Å². The van der Waals surface area contributed by atoms with Crippen molar-refractivity contribution < 1.29 is 9.59 Å². The number of halogens is 1. The van der Waals surface area contributed by atoms with Crippen LogP contribution >= 0.6 is 23.8 Å². The highest BCUT2D eigenvalue weighted by Crippen LogP contribution is 2.27. The second kappa shape index (κ2) is 8.84. The van der Waals surface area contributed by atoms with Crippen LogP contribution in [-0.4, -0.2) is 35.6 Å². The highest BCUT2D eigenvalue weighted by Gasteiger charge is 2.34. The third kappa shape index (κ3) is 4.29. The fraction of sp³-hybridized carbons (Fsp3) is 0.160. The number of amides is 2. The number of aromatic nitrogens is 1. The number of nitrogens with one attached hydrogen (secondary N) is 1. The average Bonchev–Trinajstić information content (AvgIpc) is 3.05. The molecule has 2 heterocycles. The fourth-order valence-electron chi connectivity index (χ4n) is 3.87. The molecule has 33 heavy (non-hydrogen) atoms. The zero-order chi connectivity index (χ0) is 23.9. The molecule has 2 amide bonds. The molecule has 6 nitrogen and oxygen atoms in total. The van der Waals surface area contributed by atoms with Gasteiger partial charge in [-0.1, -0.05) is 11.6 Å². The van der Waals surface area contributed by atoms with Crippen molar-refractivity contribution in [2.45, 2.75) is 13.8 Å². The minimum Gasteiger partial charge on any atom is -0.378 e. The molecule has 0 aliphatic carbocycles. The lowest BCUT2D eigenvalue weighted by molar-refractivity contribution is -0.122. The Morgan fingerprint density at radius 1 is 0.970 bits per heavy atom. The van der Waals surface area contributed by atoms with E-state index in [4.69, 9.17) is 23.8 Å². The lowest BCUT2D eigenvalue weighted by Gasteiger charge is -2.28. The lowest BCUT2D eigenvalue weighted by atomic mass is 10.1. The van der Waals surface area contributed by atoms with Crippen LogP contribution in [0.15, 0.2) is 60.2 Å². The first-order valence-electron chi connectivity index (χ1n) is 10.3. The summed E-state index contributed by atoms with van der Waals surface area (Å²) in [6.45, 7) is 3.96. The van der Waals surface area contributed by atoms with E-state index in [0.29, 0.717) is 10.7 Å². The third-order valence-electron chi connectivity index (χ3n) is 5.58. The number of carbonyl (C=O) groups excluding carboxylic acids is 2. The monoisotopic (exact) mass is 478 g/mol. The molecule has 168 valence electrons. The molecule has 0 saturated carbocycles. The zero-order valence-electron chi connectivity index (χ0n) is 18.7. The van der Waals surface area contributed by atoms with Crippen LogP contribution in [0.1, 0.15) is 17.0 Å². The molecule has 4 rings (SSSR count). The smallest absolute Gasteiger partial charge is 0.270 e. The normalized spacial score (nSPS) is 15.2. The number of hydrogen-bond acceptors (Lipinski definition) is 4. The van der Waals surface area contributed by atoms with Gasteiger partial charge < -0.3 is 9.47 Å². The highest BCUT2D eigenvalue weighted by atomic mass is 35.5. The summed E-state index contributed by atoms with van der Waals surface area (Å²) < 4.78 is 2.10. The predicted octanol–water partition coefficient (Wildman–Crippen LogP) is 4.64. The van der Waals surface area contributed by atoms with Gasteiger partial charge in [-0.15, -0.1) is 0 Å². The third-order valence-corrected chi connectivity index (χ3v) is 6.12. The largest absolute Gasteiger partial charge is 0.378 e. The van der Waals surface area contributed by atoms with Crippen LogP contribution < -0.4 is 15.1 Å². The fourth-order valence-corrected chi connectivity index (χ4v) is 4.28. The topological polar surface area (TPSA) is 57.6 Å². The van der Waals surface area contributed by atoms with Crippen LogP contribution in [0.2, 0.25) is 5.02 Å². The summed E-state index contributed by atoms with van der Waals surface area (Å²) in [5.74, 6) is -0.999. The van der Waals surface area contributed by atoms with Gasteiger partial charge in [0.15, 0.2) is 5.11 Å². The summed E-state index contributed by atoms with van der Waals surface area (Å²) >= 11 is 11.2. The van der Waals surface area contributed by atoms with Gasteiger partial charge in [-0.3, -0.25) is 19.8 Å². The Hall–Kier alpha value is -3.42. The van der Waals surface area contributed by atoms with Gasteiger partial charge in [0.1, 0.15) is 5.57 Å². The Labute approximate surface area is 203 Å². The maximum atomic E-state index is 13.3. The number of benzene rings is 2. The zero-order valence-corrected chi connectivity index (χ0v) is 20.3. The van der Waals surface area contributed by atoms with E-state index in [1.165, 1.54) is 4.90 Å². The Kier molecular flexibility index (Phi) is 6.10. The van der Waals surface area contributed by atoms with E-state index < -0.39 is 11.8 Å². The minimum atomic E-state index is -0.518. The van der Waals surface area contributed by atoms with Gasteiger partial charge in [0, 0.05) is 41.9 Å². The summed E-state index contributed by atoms with van der Waals surface area (Å²) in [6.07, 6.45) is 1.62. The first kappa shape index (κ1) is 22.8. The molecule has 1 fully saturated rings. The minimum absolute atomic E-state index is 0.0155. The van der Waals surface area contributed by atoms with Crippen molar-refractivity contribution in [3.63, 3.8) is 0 Å². The molecule has 1 aliphatic heterocycles. The molecule has 1 aromatic heterocycles. The molecular weight excluding hydrogens is 456 g/mol. The number of aryl methyl sites for hydroxylation is 1. The Balaban J connectivity index is 1.72. The van der Waals surface area contributed by atoms with Crippen molar-refractivity contribution in [1.29, 1.82) is 0 Å². The summed E-state index contributed by atoms with van der Waals surface area (Å²) in [5.41, 5.74) is 5.35. The van der Waals surface area contributed by atoms with Crippen molar-refractivity contribution in [1.82, 2.24) is 9.88 Å². The van der Waals surface area contributed by atoms with Crippen LogP contribution in [0.5, 0.6) is 0 Å².